The third kappa shape index (κ3) is 4.00. The fourth-order valence-electron chi connectivity index (χ4n) is 0.424. The Bertz CT molecular complexity index is 108. The first-order chi connectivity index (χ1) is 3.66. The van der Waals surface area contributed by atoms with E-state index in [1.54, 1.807) is 0 Å². The van der Waals surface area contributed by atoms with Gasteiger partial charge in [0.05, 0.1) is 0 Å². The maximum absolute atomic E-state index is 4.96. The molecule has 0 aromatic heterocycles. The molecular weight excluding hydrogens is 116 g/mol. The van der Waals surface area contributed by atoms with Gasteiger partial charge in [-0.05, 0) is 26.3 Å². The van der Waals surface area contributed by atoms with E-state index < -0.39 is 0 Å². The Hall–Kier alpha value is -0.170. The van der Waals surface area contributed by atoms with Crippen molar-refractivity contribution in [2.24, 2.45) is 0 Å². The van der Waals surface area contributed by atoms with E-state index in [1.807, 2.05) is 6.08 Å². The lowest BCUT2D eigenvalue weighted by Crippen LogP contribution is -1.83. The molecule has 0 heterocycles. The standard InChI is InChI=1S/C7H12S/c1-4-7(8)5-6(2)3/h5H,4H2,1-3H3. The van der Waals surface area contributed by atoms with Gasteiger partial charge in [0.2, 0.25) is 0 Å². The average Bonchev–Trinajstić information content (AvgIpc) is 1.65. The molecule has 0 radical (unpaired) electrons. The van der Waals surface area contributed by atoms with Gasteiger partial charge in [-0.2, -0.15) is 0 Å². The van der Waals surface area contributed by atoms with Crippen molar-refractivity contribution in [2.75, 3.05) is 0 Å². The minimum atomic E-state index is 0.987. The number of hydrogen-bond acceptors (Lipinski definition) is 1. The van der Waals surface area contributed by atoms with Crippen molar-refractivity contribution in [3.8, 4) is 0 Å². The lowest BCUT2D eigenvalue weighted by molar-refractivity contribution is 1.31. The molecule has 0 aliphatic carbocycles. The molecule has 0 fully saturated rings. The quantitative estimate of drug-likeness (QED) is 0.407. The molecule has 1 heteroatoms. The number of rotatable bonds is 2. The van der Waals surface area contributed by atoms with Crippen LogP contribution in [0.2, 0.25) is 0 Å². The molecular formula is C7H12S. The van der Waals surface area contributed by atoms with E-state index in [4.69, 9.17) is 12.2 Å². The lowest BCUT2D eigenvalue weighted by Gasteiger charge is -1.89. The summed E-state index contributed by atoms with van der Waals surface area (Å²) in [6.45, 7) is 6.19. The molecule has 0 saturated carbocycles. The molecule has 0 nitrogen and oxygen atoms in total. The van der Waals surface area contributed by atoms with Gasteiger partial charge >= 0.3 is 0 Å². The highest BCUT2D eigenvalue weighted by molar-refractivity contribution is 7.80. The zero-order valence-electron chi connectivity index (χ0n) is 5.69. The van der Waals surface area contributed by atoms with Crippen LogP contribution in [-0.2, 0) is 0 Å². The normalized spacial score (nSPS) is 8.38. The maximum atomic E-state index is 4.96. The van der Waals surface area contributed by atoms with Crippen LogP contribution in [0.25, 0.3) is 0 Å². The van der Waals surface area contributed by atoms with Crippen molar-refractivity contribution in [1.82, 2.24) is 0 Å². The van der Waals surface area contributed by atoms with Crippen molar-refractivity contribution in [3.63, 3.8) is 0 Å². The summed E-state index contributed by atoms with van der Waals surface area (Å²) in [6.07, 6.45) is 3.02. The third-order valence-corrected chi connectivity index (χ3v) is 1.20. The molecule has 0 saturated heterocycles. The summed E-state index contributed by atoms with van der Waals surface area (Å²) in [4.78, 5) is 1.05. The second kappa shape index (κ2) is 3.79. The van der Waals surface area contributed by atoms with Gasteiger partial charge in [-0.1, -0.05) is 24.7 Å². The Morgan fingerprint density at radius 1 is 1.50 bits per heavy atom. The number of allylic oxidation sites excluding steroid dienone is 2. The van der Waals surface area contributed by atoms with E-state index in [1.165, 1.54) is 5.57 Å². The summed E-state index contributed by atoms with van der Waals surface area (Å²) in [5.41, 5.74) is 1.29. The van der Waals surface area contributed by atoms with Crippen LogP contribution in [0.1, 0.15) is 27.2 Å². The molecule has 0 atom stereocenters. The molecule has 0 unspecified atom stereocenters. The Balaban J connectivity index is 3.70. The number of hydrogen-bond donors (Lipinski definition) is 0. The summed E-state index contributed by atoms with van der Waals surface area (Å²) < 4.78 is 0. The van der Waals surface area contributed by atoms with Crippen molar-refractivity contribution >= 4 is 17.1 Å². The zero-order valence-corrected chi connectivity index (χ0v) is 6.51. The molecule has 0 aromatic rings. The van der Waals surface area contributed by atoms with Crippen LogP contribution in [0.5, 0.6) is 0 Å². The molecule has 0 aliphatic rings. The first-order valence-corrected chi connectivity index (χ1v) is 3.25. The van der Waals surface area contributed by atoms with Crippen molar-refractivity contribution in [3.05, 3.63) is 11.6 Å². The first kappa shape index (κ1) is 7.83. The molecule has 0 amide bonds. The Kier molecular flexibility index (Phi) is 3.71. The number of thiocarbonyl (C=S) groups is 1. The molecule has 0 aromatic carbocycles. The molecule has 0 rings (SSSR count). The Morgan fingerprint density at radius 3 is 2.12 bits per heavy atom. The van der Waals surface area contributed by atoms with Crippen LogP contribution in [0.4, 0.5) is 0 Å². The summed E-state index contributed by atoms with van der Waals surface area (Å²) in [6, 6.07) is 0. The van der Waals surface area contributed by atoms with Gasteiger partial charge in [0, 0.05) is 4.86 Å². The van der Waals surface area contributed by atoms with Crippen LogP contribution in [0.3, 0.4) is 0 Å². The zero-order chi connectivity index (χ0) is 6.57. The van der Waals surface area contributed by atoms with E-state index >= 15 is 0 Å². The van der Waals surface area contributed by atoms with Crippen molar-refractivity contribution in [2.45, 2.75) is 27.2 Å². The Labute approximate surface area is 56.6 Å². The predicted octanol–water partition coefficient (Wildman–Crippen LogP) is 2.73. The highest BCUT2D eigenvalue weighted by Gasteiger charge is 1.83. The first-order valence-electron chi connectivity index (χ1n) is 2.84. The van der Waals surface area contributed by atoms with Crippen molar-refractivity contribution in [1.29, 1.82) is 0 Å². The lowest BCUT2D eigenvalue weighted by atomic mass is 10.2. The predicted molar refractivity (Wildman–Crippen MR) is 42.3 cm³/mol. The largest absolute Gasteiger partial charge is 0.0849 e. The minimum Gasteiger partial charge on any atom is -0.0849 e. The fraction of sp³-hybridized carbons (Fsp3) is 0.571. The van der Waals surface area contributed by atoms with Gasteiger partial charge in [0.15, 0.2) is 0 Å². The monoisotopic (exact) mass is 128 g/mol. The molecule has 0 N–H and O–H groups in total. The smallest absolute Gasteiger partial charge is 0.0148 e. The summed E-state index contributed by atoms with van der Waals surface area (Å²) in [5.74, 6) is 0. The van der Waals surface area contributed by atoms with Crippen LogP contribution in [0, 0.1) is 0 Å². The van der Waals surface area contributed by atoms with Crippen molar-refractivity contribution < 1.29 is 0 Å². The van der Waals surface area contributed by atoms with Gasteiger partial charge in [-0.15, -0.1) is 0 Å². The second-order valence-electron chi connectivity index (χ2n) is 2.04. The van der Waals surface area contributed by atoms with Gasteiger partial charge in [0.25, 0.3) is 0 Å². The third-order valence-electron chi connectivity index (χ3n) is 0.798. The van der Waals surface area contributed by atoms with E-state index in [9.17, 15) is 0 Å². The fourth-order valence-corrected chi connectivity index (χ4v) is 0.660. The van der Waals surface area contributed by atoms with Crippen LogP contribution < -0.4 is 0 Å². The molecule has 8 heavy (non-hydrogen) atoms. The molecule has 0 spiro atoms. The molecule has 0 aliphatic heterocycles. The van der Waals surface area contributed by atoms with E-state index in [2.05, 4.69) is 20.8 Å². The highest BCUT2D eigenvalue weighted by atomic mass is 32.1. The van der Waals surface area contributed by atoms with E-state index in [0.717, 1.165) is 11.3 Å². The molecule has 0 bridgehead atoms. The van der Waals surface area contributed by atoms with Crippen LogP contribution in [0.15, 0.2) is 11.6 Å². The van der Waals surface area contributed by atoms with Gasteiger partial charge in [-0.25, -0.2) is 0 Å². The average molecular weight is 128 g/mol. The van der Waals surface area contributed by atoms with Crippen LogP contribution in [-0.4, -0.2) is 4.86 Å². The second-order valence-corrected chi connectivity index (χ2v) is 2.57. The SMILES string of the molecule is CCC(=S)C=C(C)C. The minimum absolute atomic E-state index is 0.987. The summed E-state index contributed by atoms with van der Waals surface area (Å²) in [7, 11) is 0. The van der Waals surface area contributed by atoms with E-state index in [0.29, 0.717) is 0 Å². The summed E-state index contributed by atoms with van der Waals surface area (Å²) in [5, 5.41) is 0. The van der Waals surface area contributed by atoms with E-state index in [-0.39, 0.29) is 0 Å². The highest BCUT2D eigenvalue weighted by Crippen LogP contribution is 1.93. The topological polar surface area (TPSA) is 0 Å². The van der Waals surface area contributed by atoms with Crippen LogP contribution >= 0.6 is 12.2 Å². The Morgan fingerprint density at radius 2 is 2.00 bits per heavy atom. The van der Waals surface area contributed by atoms with Gasteiger partial charge in [-0.3, -0.25) is 0 Å². The van der Waals surface area contributed by atoms with Gasteiger partial charge in [0.1, 0.15) is 0 Å². The molecule has 46 valence electrons. The summed E-state index contributed by atoms with van der Waals surface area (Å²) >= 11 is 4.96. The maximum Gasteiger partial charge on any atom is 0.0148 e. The van der Waals surface area contributed by atoms with Gasteiger partial charge < -0.3 is 0 Å².